The topological polar surface area (TPSA) is 49.4 Å². The Kier molecular flexibility index (Phi) is 7.79. The van der Waals surface area contributed by atoms with Crippen molar-refractivity contribution in [1.29, 1.82) is 0 Å². The van der Waals surface area contributed by atoms with E-state index in [9.17, 15) is 9.59 Å². The first kappa shape index (κ1) is 23.1. The second-order valence-electron chi connectivity index (χ2n) is 8.54. The molecule has 1 unspecified atom stereocenters. The van der Waals surface area contributed by atoms with Gasteiger partial charge in [0.15, 0.2) is 0 Å². The van der Waals surface area contributed by atoms with Gasteiger partial charge in [0.05, 0.1) is 6.04 Å². The summed E-state index contributed by atoms with van der Waals surface area (Å²) in [5.74, 6) is 0.109. The number of hydrogen-bond donors (Lipinski definition) is 1. The van der Waals surface area contributed by atoms with Crippen molar-refractivity contribution < 1.29 is 9.59 Å². The molecule has 3 aromatic carbocycles. The summed E-state index contributed by atoms with van der Waals surface area (Å²) in [6.07, 6.45) is 2.63. The summed E-state index contributed by atoms with van der Waals surface area (Å²) in [4.78, 5) is 27.7. The summed E-state index contributed by atoms with van der Waals surface area (Å²) < 4.78 is 0. The molecule has 0 radical (unpaired) electrons. The van der Waals surface area contributed by atoms with Gasteiger partial charge in [-0.3, -0.25) is 9.59 Å². The number of benzene rings is 3. The van der Waals surface area contributed by atoms with Crippen LogP contribution >= 0.6 is 11.6 Å². The number of nitrogens with one attached hydrogen (secondary N) is 1. The van der Waals surface area contributed by atoms with Gasteiger partial charge in [-0.25, -0.2) is 0 Å². The fourth-order valence-corrected chi connectivity index (χ4v) is 4.49. The monoisotopic (exact) mass is 460 g/mol. The number of nitrogens with zero attached hydrogens (tertiary/aromatic N) is 1. The molecule has 1 atom stereocenters. The molecule has 0 saturated carbocycles. The maximum Gasteiger partial charge on any atom is 0.223 e. The van der Waals surface area contributed by atoms with E-state index in [1.807, 2.05) is 89.8 Å². The minimum Gasteiger partial charge on any atom is -0.345 e. The van der Waals surface area contributed by atoms with Gasteiger partial charge in [-0.2, -0.15) is 0 Å². The predicted octanol–water partition coefficient (Wildman–Crippen LogP) is 5.42. The Morgan fingerprint density at radius 2 is 1.42 bits per heavy atom. The summed E-state index contributed by atoms with van der Waals surface area (Å²) in [6.45, 7) is 1.26. The maximum atomic E-state index is 13.2. The molecule has 170 valence electrons. The predicted molar refractivity (Wildman–Crippen MR) is 132 cm³/mol. The highest BCUT2D eigenvalue weighted by atomic mass is 35.5. The third-order valence-electron chi connectivity index (χ3n) is 6.31. The number of hydrogen-bond acceptors (Lipinski definition) is 2. The molecule has 2 amide bonds. The summed E-state index contributed by atoms with van der Waals surface area (Å²) in [6, 6.07) is 27.4. The molecule has 3 aromatic rings. The third kappa shape index (κ3) is 6.23. The molecule has 0 aromatic heterocycles. The molecular weight excluding hydrogens is 432 g/mol. The van der Waals surface area contributed by atoms with Crippen LogP contribution in [0.2, 0.25) is 5.02 Å². The lowest BCUT2D eigenvalue weighted by Crippen LogP contribution is -2.44. The highest BCUT2D eigenvalue weighted by Gasteiger charge is 2.29. The van der Waals surface area contributed by atoms with Crippen LogP contribution in [0.1, 0.15) is 42.0 Å². The number of carbonyl (C=O) groups excluding carboxylic acids is 2. The summed E-state index contributed by atoms with van der Waals surface area (Å²) in [5, 5.41) is 3.91. The number of rotatable bonds is 7. The fourth-order valence-electron chi connectivity index (χ4n) is 4.37. The minimum absolute atomic E-state index is 0.0372. The van der Waals surface area contributed by atoms with Crippen LogP contribution in [-0.2, 0) is 16.0 Å². The smallest absolute Gasteiger partial charge is 0.223 e. The van der Waals surface area contributed by atoms with Gasteiger partial charge in [-0.05, 0) is 48.1 Å². The molecule has 0 bridgehead atoms. The second kappa shape index (κ2) is 11.2. The molecule has 1 fully saturated rings. The van der Waals surface area contributed by atoms with E-state index in [0.717, 1.165) is 17.5 Å². The summed E-state index contributed by atoms with van der Waals surface area (Å²) in [5.41, 5.74) is 3.20. The first-order chi connectivity index (χ1) is 16.1. The third-order valence-corrected chi connectivity index (χ3v) is 6.56. The highest BCUT2D eigenvalue weighted by Crippen LogP contribution is 2.26. The molecule has 1 N–H and O–H groups in total. The lowest BCUT2D eigenvalue weighted by molar-refractivity contribution is -0.135. The van der Waals surface area contributed by atoms with Crippen LogP contribution in [0.25, 0.3) is 0 Å². The van der Waals surface area contributed by atoms with E-state index in [4.69, 9.17) is 11.6 Å². The normalized spacial score (nSPS) is 15.1. The van der Waals surface area contributed by atoms with E-state index in [1.165, 1.54) is 5.56 Å². The average molecular weight is 461 g/mol. The van der Waals surface area contributed by atoms with Gasteiger partial charge in [0.2, 0.25) is 11.8 Å². The summed E-state index contributed by atoms with van der Waals surface area (Å²) in [7, 11) is 0. The van der Waals surface area contributed by atoms with Crippen molar-refractivity contribution in [2.24, 2.45) is 5.92 Å². The number of piperidine rings is 1. The maximum absolute atomic E-state index is 13.2. The molecule has 5 heteroatoms. The summed E-state index contributed by atoms with van der Waals surface area (Å²) >= 11 is 6.07. The molecule has 4 nitrogen and oxygen atoms in total. The van der Waals surface area contributed by atoms with Crippen molar-refractivity contribution in [2.45, 2.75) is 31.7 Å². The van der Waals surface area contributed by atoms with Crippen molar-refractivity contribution in [3.05, 3.63) is 107 Å². The van der Waals surface area contributed by atoms with Crippen molar-refractivity contribution >= 4 is 23.4 Å². The zero-order valence-electron chi connectivity index (χ0n) is 18.6. The quantitative estimate of drug-likeness (QED) is 0.512. The van der Waals surface area contributed by atoms with E-state index >= 15 is 0 Å². The SMILES string of the molecule is O=C(NC(c1ccccc1)c1ccc(Cl)cc1)C1CCN(C(=O)CCc2ccccc2)CC1. The van der Waals surface area contributed by atoms with Crippen molar-refractivity contribution in [2.75, 3.05) is 13.1 Å². The van der Waals surface area contributed by atoms with Crippen LogP contribution < -0.4 is 5.32 Å². The van der Waals surface area contributed by atoms with E-state index in [1.54, 1.807) is 0 Å². The molecule has 0 aliphatic carbocycles. The van der Waals surface area contributed by atoms with Crippen LogP contribution in [0.3, 0.4) is 0 Å². The van der Waals surface area contributed by atoms with Gasteiger partial charge in [0, 0.05) is 30.5 Å². The van der Waals surface area contributed by atoms with Crippen LogP contribution in [0.15, 0.2) is 84.9 Å². The largest absolute Gasteiger partial charge is 0.345 e. The molecule has 1 heterocycles. The van der Waals surface area contributed by atoms with Crippen LogP contribution in [0.5, 0.6) is 0 Å². The van der Waals surface area contributed by atoms with Gasteiger partial charge >= 0.3 is 0 Å². The van der Waals surface area contributed by atoms with Gasteiger partial charge in [-0.1, -0.05) is 84.4 Å². The first-order valence-corrected chi connectivity index (χ1v) is 11.9. The molecule has 4 rings (SSSR count). The zero-order valence-corrected chi connectivity index (χ0v) is 19.4. The van der Waals surface area contributed by atoms with Crippen molar-refractivity contribution in [3.63, 3.8) is 0 Å². The van der Waals surface area contributed by atoms with Crippen LogP contribution in [-0.4, -0.2) is 29.8 Å². The van der Waals surface area contributed by atoms with E-state index in [2.05, 4.69) is 5.32 Å². The number of amides is 2. The highest BCUT2D eigenvalue weighted by molar-refractivity contribution is 6.30. The Labute approximate surface area is 200 Å². The molecule has 0 spiro atoms. The molecule has 1 aliphatic rings. The van der Waals surface area contributed by atoms with Gasteiger partial charge in [0.25, 0.3) is 0 Å². The van der Waals surface area contributed by atoms with Crippen LogP contribution in [0, 0.1) is 5.92 Å². The number of likely N-dealkylation sites (tertiary alicyclic amines) is 1. The molecule has 1 saturated heterocycles. The standard InChI is InChI=1S/C28H29ClN2O2/c29-25-14-12-23(13-15-25)27(22-9-5-2-6-10-22)30-28(33)24-17-19-31(20-18-24)26(32)16-11-21-7-3-1-4-8-21/h1-10,12-15,24,27H,11,16-20H2,(H,30,33). The Bertz CT molecular complexity index is 1050. The number of carbonyl (C=O) groups is 2. The van der Waals surface area contributed by atoms with E-state index in [0.29, 0.717) is 37.4 Å². The van der Waals surface area contributed by atoms with Gasteiger partial charge in [-0.15, -0.1) is 0 Å². The Hall–Kier alpha value is -3.11. The van der Waals surface area contributed by atoms with Crippen molar-refractivity contribution in [1.82, 2.24) is 10.2 Å². The number of halogens is 1. The zero-order chi connectivity index (χ0) is 23.0. The van der Waals surface area contributed by atoms with Crippen molar-refractivity contribution in [3.8, 4) is 0 Å². The molecule has 33 heavy (non-hydrogen) atoms. The van der Waals surface area contributed by atoms with Gasteiger partial charge in [0.1, 0.15) is 0 Å². The minimum atomic E-state index is -0.235. The lowest BCUT2D eigenvalue weighted by atomic mass is 9.93. The Morgan fingerprint density at radius 1 is 0.848 bits per heavy atom. The fraction of sp³-hybridized carbons (Fsp3) is 0.286. The Morgan fingerprint density at radius 3 is 2.06 bits per heavy atom. The van der Waals surface area contributed by atoms with E-state index < -0.39 is 0 Å². The first-order valence-electron chi connectivity index (χ1n) is 11.5. The molecule has 1 aliphatic heterocycles. The lowest BCUT2D eigenvalue weighted by Gasteiger charge is -2.32. The Balaban J connectivity index is 1.34. The van der Waals surface area contributed by atoms with Gasteiger partial charge < -0.3 is 10.2 Å². The molecular formula is C28H29ClN2O2. The number of aryl methyl sites for hydroxylation is 1. The van der Waals surface area contributed by atoms with E-state index in [-0.39, 0.29) is 23.8 Å². The van der Waals surface area contributed by atoms with Crippen LogP contribution in [0.4, 0.5) is 0 Å². The second-order valence-corrected chi connectivity index (χ2v) is 8.98. The average Bonchev–Trinajstić information content (AvgIpc) is 2.87.